The zero-order valence-electron chi connectivity index (χ0n) is 11.5. The fraction of sp³-hybridized carbons (Fsp3) is 0.667. The van der Waals surface area contributed by atoms with Crippen LogP contribution in [0.1, 0.15) is 36.6 Å². The summed E-state index contributed by atoms with van der Waals surface area (Å²) in [6, 6.07) is 2.76. The summed E-state index contributed by atoms with van der Waals surface area (Å²) in [5.41, 5.74) is 1.35. The lowest BCUT2D eigenvalue weighted by Gasteiger charge is -2.27. The molecule has 3 nitrogen and oxygen atoms in total. The van der Waals surface area contributed by atoms with Gasteiger partial charge in [-0.1, -0.05) is 13.3 Å². The number of carbonyl (C=O) groups is 1. The summed E-state index contributed by atoms with van der Waals surface area (Å²) in [6.45, 7) is 4.44. The van der Waals surface area contributed by atoms with Crippen LogP contribution in [-0.4, -0.2) is 29.9 Å². The molecule has 1 aliphatic heterocycles. The molecule has 0 bridgehead atoms. The summed E-state index contributed by atoms with van der Waals surface area (Å²) < 4.78 is 0. The number of thiophene rings is 1. The molecular weight excluding hydrogens is 256 g/mol. The van der Waals surface area contributed by atoms with Crippen LogP contribution in [0, 0.1) is 5.92 Å². The zero-order chi connectivity index (χ0) is 13.2. The fourth-order valence-corrected chi connectivity index (χ4v) is 3.87. The van der Waals surface area contributed by atoms with Crippen LogP contribution in [0.25, 0.3) is 0 Å². The first-order valence-electron chi connectivity index (χ1n) is 7.34. The van der Waals surface area contributed by atoms with E-state index in [1.54, 1.807) is 0 Å². The number of hydrogen-bond acceptors (Lipinski definition) is 3. The van der Waals surface area contributed by atoms with Gasteiger partial charge < -0.3 is 10.2 Å². The first kappa shape index (κ1) is 13.1. The maximum absolute atomic E-state index is 12.2. The van der Waals surface area contributed by atoms with E-state index in [2.05, 4.69) is 23.7 Å². The smallest absolute Gasteiger partial charge is 0.236 e. The van der Waals surface area contributed by atoms with Gasteiger partial charge in [0.05, 0.1) is 6.54 Å². The summed E-state index contributed by atoms with van der Waals surface area (Å²) in [7, 11) is 0. The van der Waals surface area contributed by atoms with Gasteiger partial charge in [-0.15, -0.1) is 11.3 Å². The maximum Gasteiger partial charge on any atom is 0.236 e. The van der Waals surface area contributed by atoms with E-state index in [0.29, 0.717) is 12.6 Å². The van der Waals surface area contributed by atoms with Crippen LogP contribution in [0.2, 0.25) is 0 Å². The molecule has 1 aliphatic carbocycles. The normalized spacial score (nSPS) is 25.2. The van der Waals surface area contributed by atoms with E-state index in [1.165, 1.54) is 29.7 Å². The van der Waals surface area contributed by atoms with Crippen molar-refractivity contribution in [3.63, 3.8) is 0 Å². The van der Waals surface area contributed by atoms with Crippen LogP contribution in [0.5, 0.6) is 0 Å². The maximum atomic E-state index is 12.2. The molecule has 2 atom stereocenters. The molecule has 0 radical (unpaired) electrons. The average molecular weight is 278 g/mol. The summed E-state index contributed by atoms with van der Waals surface area (Å²) in [6.07, 6.45) is 4.84. The second kappa shape index (κ2) is 5.63. The standard InChI is InChI=1S/C15H22N2OS/c1-2-3-11-8-13(11)16-9-15(18)17-6-4-14-12(10-17)5-7-19-14/h5,7,11,13,16H,2-4,6,8-10H2,1H3. The Morgan fingerprint density at radius 2 is 2.47 bits per heavy atom. The van der Waals surface area contributed by atoms with Gasteiger partial charge in [0.25, 0.3) is 0 Å². The molecule has 1 amide bonds. The van der Waals surface area contributed by atoms with Crippen LogP contribution in [0.15, 0.2) is 11.4 Å². The van der Waals surface area contributed by atoms with E-state index < -0.39 is 0 Å². The monoisotopic (exact) mass is 278 g/mol. The van der Waals surface area contributed by atoms with Gasteiger partial charge in [0, 0.05) is 24.0 Å². The molecule has 1 aromatic heterocycles. The third-order valence-corrected chi connectivity index (χ3v) is 5.28. The summed E-state index contributed by atoms with van der Waals surface area (Å²) in [5, 5.41) is 5.55. The van der Waals surface area contributed by atoms with Crippen molar-refractivity contribution in [2.45, 2.75) is 45.2 Å². The Labute approximate surface area is 119 Å². The Morgan fingerprint density at radius 3 is 3.32 bits per heavy atom. The number of amides is 1. The third kappa shape index (κ3) is 3.00. The number of rotatable bonds is 5. The molecule has 104 valence electrons. The predicted molar refractivity (Wildman–Crippen MR) is 78.2 cm³/mol. The topological polar surface area (TPSA) is 32.3 Å². The van der Waals surface area contributed by atoms with Crippen molar-refractivity contribution >= 4 is 17.2 Å². The van der Waals surface area contributed by atoms with E-state index in [0.717, 1.165) is 25.4 Å². The first-order chi connectivity index (χ1) is 9.28. The summed E-state index contributed by atoms with van der Waals surface area (Å²) in [4.78, 5) is 15.7. The molecule has 1 saturated carbocycles. The number of nitrogens with zero attached hydrogens (tertiary/aromatic N) is 1. The Balaban J connectivity index is 1.44. The third-order valence-electron chi connectivity index (χ3n) is 4.26. The Bertz CT molecular complexity index is 457. The molecular formula is C15H22N2OS. The highest BCUT2D eigenvalue weighted by atomic mass is 32.1. The van der Waals surface area contributed by atoms with Crippen molar-refractivity contribution in [1.29, 1.82) is 0 Å². The van der Waals surface area contributed by atoms with Gasteiger partial charge in [0.15, 0.2) is 0 Å². The van der Waals surface area contributed by atoms with E-state index in [-0.39, 0.29) is 5.91 Å². The molecule has 0 spiro atoms. The van der Waals surface area contributed by atoms with E-state index in [1.807, 2.05) is 16.2 Å². The Morgan fingerprint density at radius 1 is 1.58 bits per heavy atom. The van der Waals surface area contributed by atoms with Crippen molar-refractivity contribution in [3.8, 4) is 0 Å². The van der Waals surface area contributed by atoms with Crippen LogP contribution in [0.3, 0.4) is 0 Å². The van der Waals surface area contributed by atoms with Gasteiger partial charge in [-0.3, -0.25) is 4.79 Å². The molecule has 0 saturated heterocycles. The van der Waals surface area contributed by atoms with Crippen LogP contribution >= 0.6 is 11.3 Å². The largest absolute Gasteiger partial charge is 0.337 e. The van der Waals surface area contributed by atoms with E-state index in [9.17, 15) is 4.79 Å². The lowest BCUT2D eigenvalue weighted by molar-refractivity contribution is -0.131. The van der Waals surface area contributed by atoms with Gasteiger partial charge in [-0.25, -0.2) is 0 Å². The van der Waals surface area contributed by atoms with E-state index in [4.69, 9.17) is 0 Å². The molecule has 19 heavy (non-hydrogen) atoms. The Hall–Kier alpha value is -0.870. The zero-order valence-corrected chi connectivity index (χ0v) is 12.3. The molecule has 2 heterocycles. The van der Waals surface area contributed by atoms with Gasteiger partial charge in [0.2, 0.25) is 5.91 Å². The average Bonchev–Trinajstić information content (AvgIpc) is 2.99. The van der Waals surface area contributed by atoms with Crippen LogP contribution < -0.4 is 5.32 Å². The molecule has 2 unspecified atom stereocenters. The minimum atomic E-state index is 0.263. The van der Waals surface area contributed by atoms with Crippen LogP contribution in [0.4, 0.5) is 0 Å². The van der Waals surface area contributed by atoms with Crippen LogP contribution in [-0.2, 0) is 17.8 Å². The van der Waals surface area contributed by atoms with Gasteiger partial charge >= 0.3 is 0 Å². The lowest BCUT2D eigenvalue weighted by atomic mass is 10.1. The molecule has 1 aromatic rings. The van der Waals surface area contributed by atoms with Crippen molar-refractivity contribution < 1.29 is 4.79 Å². The number of fused-ring (bicyclic) bond motifs is 1. The second-order valence-electron chi connectivity index (χ2n) is 5.71. The molecule has 2 aliphatic rings. The lowest BCUT2D eigenvalue weighted by Crippen LogP contribution is -2.41. The summed E-state index contributed by atoms with van der Waals surface area (Å²) >= 11 is 1.82. The minimum Gasteiger partial charge on any atom is -0.337 e. The molecule has 0 aromatic carbocycles. The number of hydrogen-bond donors (Lipinski definition) is 1. The number of carbonyl (C=O) groups excluding carboxylic acids is 1. The van der Waals surface area contributed by atoms with Gasteiger partial charge in [-0.05, 0) is 42.2 Å². The van der Waals surface area contributed by atoms with Crippen molar-refractivity contribution in [3.05, 3.63) is 21.9 Å². The summed E-state index contributed by atoms with van der Waals surface area (Å²) in [5.74, 6) is 1.08. The first-order valence-corrected chi connectivity index (χ1v) is 8.22. The minimum absolute atomic E-state index is 0.263. The highest BCUT2D eigenvalue weighted by Gasteiger charge is 2.36. The Kier molecular flexibility index (Phi) is 3.89. The number of nitrogens with one attached hydrogen (secondary N) is 1. The molecule has 4 heteroatoms. The van der Waals surface area contributed by atoms with Crippen molar-refractivity contribution in [1.82, 2.24) is 10.2 Å². The predicted octanol–water partition coefficient (Wildman–Crippen LogP) is 2.41. The second-order valence-corrected chi connectivity index (χ2v) is 6.71. The molecule has 1 fully saturated rings. The van der Waals surface area contributed by atoms with E-state index >= 15 is 0 Å². The quantitative estimate of drug-likeness (QED) is 0.897. The van der Waals surface area contributed by atoms with Crippen molar-refractivity contribution in [2.75, 3.05) is 13.1 Å². The highest BCUT2D eigenvalue weighted by Crippen LogP contribution is 2.34. The molecule has 1 N–H and O–H groups in total. The van der Waals surface area contributed by atoms with Crippen molar-refractivity contribution in [2.24, 2.45) is 5.92 Å². The fourth-order valence-electron chi connectivity index (χ4n) is 2.98. The highest BCUT2D eigenvalue weighted by molar-refractivity contribution is 7.10. The van der Waals surface area contributed by atoms with Gasteiger partial charge in [0.1, 0.15) is 0 Å². The molecule has 3 rings (SSSR count). The van der Waals surface area contributed by atoms with Gasteiger partial charge in [-0.2, -0.15) is 0 Å². The SMILES string of the molecule is CCCC1CC1NCC(=O)N1CCc2sccc2C1.